The molecule has 8 heterocycles. The monoisotopic (exact) mass is 2530 g/mol. The van der Waals surface area contributed by atoms with E-state index < -0.39 is 39.7 Å². The first kappa shape index (κ1) is 87.1. The Bertz CT molecular complexity index is 7010. The summed E-state index contributed by atoms with van der Waals surface area (Å²) in [5.41, 5.74) is 26.1. The van der Waals surface area contributed by atoms with E-state index in [1.807, 2.05) is 306 Å². The molecule has 0 amide bonds. The zero-order chi connectivity index (χ0) is 106. The van der Waals surface area contributed by atoms with Gasteiger partial charge < -0.3 is 39.9 Å². The van der Waals surface area contributed by atoms with Crippen LogP contribution in [0.5, 0.6) is 0 Å². The second-order valence-corrected chi connectivity index (χ2v) is 30.2. The molecule has 0 spiro atoms. The van der Waals surface area contributed by atoms with Crippen molar-refractivity contribution in [2.75, 3.05) is 0 Å². The van der Waals surface area contributed by atoms with Crippen LogP contribution in [0.4, 0.5) is 8.78 Å². The summed E-state index contributed by atoms with van der Waals surface area (Å²) < 4.78 is 137. The second-order valence-electron chi connectivity index (χ2n) is 30.2. The van der Waals surface area contributed by atoms with Gasteiger partial charge in [-0.15, -0.1) is 287 Å². The van der Waals surface area contributed by atoms with Crippen molar-refractivity contribution >= 4 is 0 Å². The van der Waals surface area contributed by atoms with Crippen molar-refractivity contribution in [1.82, 2.24) is 39.9 Å². The molecule has 0 fully saturated rings. The van der Waals surface area contributed by atoms with E-state index in [-0.39, 0.29) is 114 Å². The summed E-state index contributed by atoms with van der Waals surface area (Å²) in [6, 6.07) is 141. The van der Waals surface area contributed by atoms with Gasteiger partial charge in [-0.1, -0.05) is 185 Å². The summed E-state index contributed by atoms with van der Waals surface area (Å²) in [6.45, 7) is 0.711. The van der Waals surface area contributed by atoms with Gasteiger partial charge in [-0.25, -0.2) is 8.78 Å². The number of hydrogen-bond donors (Lipinski definition) is 0. The van der Waals surface area contributed by atoms with Crippen LogP contribution in [-0.2, 0) is 93.2 Å². The quantitative estimate of drug-likeness (QED) is 0.0935. The van der Waals surface area contributed by atoms with Gasteiger partial charge in [-0.3, -0.25) is 0 Å². The van der Waals surface area contributed by atoms with Gasteiger partial charge in [0.25, 0.3) is 0 Å². The maximum absolute atomic E-state index is 13.6. The van der Waals surface area contributed by atoms with Gasteiger partial charge in [0.05, 0.1) is 0 Å². The second kappa shape index (κ2) is 57.4. The molecule has 0 saturated heterocycles. The van der Waals surface area contributed by atoms with Crippen LogP contribution in [0.2, 0.25) is 0 Å². The van der Waals surface area contributed by atoms with Crippen LogP contribution in [0.3, 0.4) is 0 Å². The molecule has 138 heavy (non-hydrogen) atoms. The average Bonchev–Trinajstić information content (AvgIpc) is 0.818. The molecule has 14 heteroatoms. The van der Waals surface area contributed by atoms with Gasteiger partial charge in [-0.05, 0) is 212 Å². The summed E-state index contributed by atoms with van der Waals surface area (Å²) in [4.78, 5) is 34.4. The Labute approximate surface area is 888 Å². The molecule has 0 aliphatic carbocycles. The molecule has 0 unspecified atom stereocenters. The van der Waals surface area contributed by atoms with Gasteiger partial charge >= 0.3 is 0 Å². The molecule has 0 bridgehead atoms. The number of halogens is 2. The fourth-order valence-electron chi connectivity index (χ4n) is 13.2. The third kappa shape index (κ3) is 33.3. The standard InChI is InChI=1S/C20H18N.C19H15FN.C19H16N.C18H13FN.4C12H10N.4Ir/c1-15(2)16-8-10-17(11-9-16)19-12-13-20(21-14-19)18-6-4-3-5-7-18;1-2-14-12-16(8-10-18(14)20)17-9-11-19(21-13-17)15-6-4-3-5-7-15;1-2-15-8-10-16(11-9-15)18-12-13-19(20-14-18)17-6-4-3-5-7-17;1-13-11-15(7-9-17(13)19)16-8-10-18(20-12-16)14-5-3-2-4-6-14;4*1-10-7-8-12(13-9-10)11-5-3-2-4-6-11;;;;/h3-6,8-15H,1-2H3;3-6,8-13H,2H2,1H3;3-6,8-14H,2H2,1H3;2-5,7-12H,1H3;4*2-5,7-9H,1H3;;;;/q8*-1;;;;/i15D;;2D2;;4*1D3;;;;. The molecule has 0 atom stereocenters. The summed E-state index contributed by atoms with van der Waals surface area (Å²) >= 11 is 0. The van der Waals surface area contributed by atoms with Crippen molar-refractivity contribution in [3.05, 3.63) is 530 Å². The van der Waals surface area contributed by atoms with Crippen LogP contribution >= 0.6 is 0 Å². The smallest absolute Gasteiger partial charge is 0.126 e. The number of aryl methyl sites for hydroxylation is 7. The fraction of sp³-hybridized carbons (Fsp3) is 0.0968. The predicted octanol–water partition coefficient (Wildman–Crippen LogP) is 31.1. The topological polar surface area (TPSA) is 103 Å². The molecular formula is C124H102F2Ir4N8-8. The average molecular weight is 2530 g/mol. The van der Waals surface area contributed by atoms with Gasteiger partial charge in [0.15, 0.2) is 0 Å². The summed E-state index contributed by atoms with van der Waals surface area (Å²) in [5.74, 6) is -0.897. The SMILES string of the molecule is CCc1cc(-c2ccc(-c3[c-]cccc3)nc2)ccc1F.Cc1cc(-c2ccc(-c3[c-]cccc3)nc2)ccc1F.[2H]C(C)(C)c1ccc(-c2ccc(-c3[c-]cccc3)nc2)cc1.[2H]C([2H])(C)c1ccc(-c2ccc(-c3[c-]cccc3)nc2)cc1.[2H]C([2H])([2H])c1ccc(-c2[c-]cccc2)nc1.[2H]C([2H])([2H])c1ccc(-c2[c-]cccc2)nc1.[2H]C([2H])([2H])c1ccc(-c2[c-]cccc2)nc1.[2H]C([2H])([2H])c1ccc(-c2[c-]cccc2)nc1.[Ir].[Ir].[Ir].[Ir]. The minimum Gasteiger partial charge on any atom is -0.304 e. The Morgan fingerprint density at radius 2 is 0.500 bits per heavy atom. The molecule has 0 aliphatic heterocycles. The van der Waals surface area contributed by atoms with E-state index in [0.717, 1.165) is 146 Å². The largest absolute Gasteiger partial charge is 0.304 e. The first-order chi connectivity index (χ1) is 71.4. The first-order valence-electron chi connectivity index (χ1n) is 50.6. The summed E-state index contributed by atoms with van der Waals surface area (Å²) in [5, 5.41) is 0. The molecule has 20 rings (SSSR count). The van der Waals surface area contributed by atoms with Crippen molar-refractivity contribution in [3.63, 3.8) is 0 Å². The van der Waals surface area contributed by atoms with Crippen molar-refractivity contribution < 1.29 is 110 Å². The van der Waals surface area contributed by atoms with Crippen LogP contribution in [0.15, 0.2) is 426 Å². The first-order valence-corrected chi connectivity index (χ1v) is 43.1. The Kier molecular flexibility index (Phi) is 36.2. The number of nitrogens with zero attached hydrogens (tertiary/aromatic N) is 8. The molecule has 8 aromatic heterocycles. The molecule has 0 saturated carbocycles. The van der Waals surface area contributed by atoms with Crippen LogP contribution < -0.4 is 0 Å². The van der Waals surface area contributed by atoms with E-state index in [2.05, 4.69) is 107 Å². The van der Waals surface area contributed by atoms with E-state index in [4.69, 9.17) is 20.6 Å². The Hall–Kier alpha value is -13.7. The number of pyridine rings is 8. The number of rotatable bonds is 15. The number of benzene rings is 12. The minimum absolute atomic E-state index is 0. The third-order valence-corrected chi connectivity index (χ3v) is 20.5. The minimum atomic E-state index is -2.09. The Balaban J connectivity index is 0.000000194. The van der Waals surface area contributed by atoms with Gasteiger partial charge in [0.1, 0.15) is 11.6 Å². The zero-order valence-electron chi connectivity index (χ0n) is 90.8. The maximum atomic E-state index is 13.6. The van der Waals surface area contributed by atoms with Gasteiger partial charge in [-0.2, -0.15) is 0 Å². The van der Waals surface area contributed by atoms with E-state index in [1.165, 1.54) is 36.9 Å². The third-order valence-electron chi connectivity index (χ3n) is 20.5. The van der Waals surface area contributed by atoms with Crippen LogP contribution in [0.25, 0.3) is 135 Å². The van der Waals surface area contributed by atoms with Crippen molar-refractivity contribution in [1.29, 1.82) is 0 Å². The number of hydrogen-bond acceptors (Lipinski definition) is 8. The van der Waals surface area contributed by atoms with Crippen LogP contribution in [0, 0.1) is 94.5 Å². The molecule has 696 valence electrons. The molecule has 12 aromatic carbocycles. The van der Waals surface area contributed by atoms with E-state index >= 15 is 0 Å². The molecule has 0 N–H and O–H groups in total. The normalized spacial score (nSPS) is 12.2. The Morgan fingerprint density at radius 3 is 0.710 bits per heavy atom. The molecule has 0 aliphatic rings. The number of aromatic nitrogens is 8. The van der Waals surface area contributed by atoms with Crippen molar-refractivity contribution in [3.8, 4) is 135 Å². The maximum Gasteiger partial charge on any atom is 0.126 e. The van der Waals surface area contributed by atoms with Crippen molar-refractivity contribution in [2.45, 2.75) is 80.7 Å². The zero-order valence-corrected chi connectivity index (χ0v) is 85.4. The van der Waals surface area contributed by atoms with Crippen LogP contribution in [0.1, 0.15) is 98.7 Å². The molecule has 4 radical (unpaired) electrons. The Morgan fingerprint density at radius 1 is 0.268 bits per heavy atom. The molecule has 8 nitrogen and oxygen atoms in total. The molecule has 20 aromatic rings. The van der Waals surface area contributed by atoms with Crippen molar-refractivity contribution in [2.24, 2.45) is 0 Å². The van der Waals surface area contributed by atoms with E-state index in [1.54, 1.807) is 98.8 Å². The van der Waals surface area contributed by atoms with E-state index in [9.17, 15) is 8.78 Å². The van der Waals surface area contributed by atoms with Crippen LogP contribution in [-0.4, -0.2) is 39.9 Å². The van der Waals surface area contributed by atoms with Gasteiger partial charge in [0.2, 0.25) is 0 Å². The molecular weight excluding hydrogens is 2410 g/mol. The predicted molar refractivity (Wildman–Crippen MR) is 546 cm³/mol. The summed E-state index contributed by atoms with van der Waals surface area (Å²) in [7, 11) is 0. The fourth-order valence-corrected chi connectivity index (χ4v) is 13.2. The summed E-state index contributed by atoms with van der Waals surface area (Å²) in [6.07, 6.45) is 12.3. The van der Waals surface area contributed by atoms with Gasteiger partial charge in [0, 0.05) is 151 Å². The van der Waals surface area contributed by atoms with E-state index in [0.29, 0.717) is 17.5 Å².